The van der Waals surface area contributed by atoms with E-state index in [1.54, 1.807) is 13.8 Å². The van der Waals surface area contributed by atoms with Gasteiger partial charge < -0.3 is 19.5 Å². The highest BCUT2D eigenvalue weighted by atomic mass is 19.1. The second-order valence-corrected chi connectivity index (χ2v) is 8.56. The first kappa shape index (κ1) is 26.5. The SMILES string of the molecule is COc1ccc(N(C(=O)n2nnn(-c3c(F)cccc3C(=O)N3CCOCC3)c2=O)C(C)C)cc1C(=O)O. The summed E-state index contributed by atoms with van der Waals surface area (Å²) in [5.41, 5.74) is -1.73. The smallest absolute Gasteiger partial charge is 0.377 e. The van der Waals surface area contributed by atoms with Gasteiger partial charge >= 0.3 is 17.7 Å². The molecule has 2 amide bonds. The zero-order valence-electron chi connectivity index (χ0n) is 20.8. The number of morpholine rings is 1. The number of aromatic carboxylic acids is 1. The Hall–Kier alpha value is -4.59. The molecule has 14 heteroatoms. The van der Waals surface area contributed by atoms with Crippen molar-refractivity contribution in [3.63, 3.8) is 0 Å². The van der Waals surface area contributed by atoms with E-state index >= 15 is 4.39 Å². The van der Waals surface area contributed by atoms with E-state index in [1.165, 1.54) is 42.3 Å². The molecular weight excluding hydrogens is 503 g/mol. The summed E-state index contributed by atoms with van der Waals surface area (Å²) >= 11 is 0. The topological polar surface area (TPSA) is 149 Å². The number of carbonyl (C=O) groups excluding carboxylic acids is 2. The molecule has 1 saturated heterocycles. The third kappa shape index (κ3) is 4.85. The van der Waals surface area contributed by atoms with Gasteiger partial charge in [-0.05, 0) is 54.6 Å². The first-order valence-electron chi connectivity index (χ1n) is 11.6. The number of carboxylic acid groups (broad SMARTS) is 1. The zero-order chi connectivity index (χ0) is 27.6. The second kappa shape index (κ2) is 10.8. The van der Waals surface area contributed by atoms with E-state index in [-0.39, 0.29) is 22.6 Å². The fraction of sp³-hybridized carbons (Fsp3) is 0.333. The molecule has 0 atom stereocenters. The average molecular weight is 528 g/mol. The van der Waals surface area contributed by atoms with Crippen molar-refractivity contribution < 1.29 is 33.4 Å². The lowest BCUT2D eigenvalue weighted by Gasteiger charge is -2.27. The molecule has 0 spiro atoms. The van der Waals surface area contributed by atoms with Crippen molar-refractivity contribution in [3.8, 4) is 11.4 Å². The van der Waals surface area contributed by atoms with Crippen molar-refractivity contribution in [1.29, 1.82) is 0 Å². The Labute approximate surface area is 215 Å². The first-order chi connectivity index (χ1) is 18.1. The number of hydrogen-bond acceptors (Lipinski definition) is 8. The van der Waals surface area contributed by atoms with E-state index < -0.39 is 41.1 Å². The van der Waals surface area contributed by atoms with E-state index in [0.29, 0.717) is 35.7 Å². The Kier molecular flexibility index (Phi) is 7.52. The number of ether oxygens (including phenoxy) is 2. The number of carbonyl (C=O) groups is 3. The molecule has 13 nitrogen and oxygen atoms in total. The second-order valence-electron chi connectivity index (χ2n) is 8.56. The molecule has 0 unspecified atom stereocenters. The summed E-state index contributed by atoms with van der Waals surface area (Å²) in [5, 5.41) is 16.8. The van der Waals surface area contributed by atoms with Crippen molar-refractivity contribution in [2.24, 2.45) is 0 Å². The Bertz CT molecular complexity index is 1440. The lowest BCUT2D eigenvalue weighted by Crippen LogP contribution is -2.45. The summed E-state index contributed by atoms with van der Waals surface area (Å²) < 4.78 is 26.3. The molecule has 0 aliphatic carbocycles. The van der Waals surface area contributed by atoms with Crippen molar-refractivity contribution in [2.45, 2.75) is 19.9 Å². The molecular formula is C24H25FN6O7. The summed E-state index contributed by atoms with van der Waals surface area (Å²) in [6, 6.07) is 6.29. The Morgan fingerprint density at radius 1 is 1.11 bits per heavy atom. The molecule has 2 aromatic carbocycles. The van der Waals surface area contributed by atoms with Crippen LogP contribution in [0.3, 0.4) is 0 Å². The van der Waals surface area contributed by atoms with Gasteiger partial charge in [-0.2, -0.15) is 4.68 Å². The summed E-state index contributed by atoms with van der Waals surface area (Å²) in [6.45, 7) is 4.51. The van der Waals surface area contributed by atoms with Crippen LogP contribution in [0, 0.1) is 5.82 Å². The number of amides is 2. The molecule has 4 rings (SSSR count). The van der Waals surface area contributed by atoms with Crippen molar-refractivity contribution in [1.82, 2.24) is 24.7 Å². The minimum absolute atomic E-state index is 0.0810. The highest BCUT2D eigenvalue weighted by Crippen LogP contribution is 2.27. The van der Waals surface area contributed by atoms with Gasteiger partial charge in [0.15, 0.2) is 0 Å². The standard InChI is InChI=1S/C24H25FN6O7/c1-14(2)29(15-7-8-19(37-3)17(13-15)22(33)34)23(35)31-24(36)30(26-27-31)20-16(5-4-6-18(20)25)21(32)28-9-11-38-12-10-28/h4-8,13-14H,9-12H2,1-3H3,(H,33,34). The van der Waals surface area contributed by atoms with E-state index in [2.05, 4.69) is 10.4 Å². The molecule has 0 radical (unpaired) electrons. The predicted octanol–water partition coefficient (Wildman–Crippen LogP) is 1.63. The van der Waals surface area contributed by atoms with Crippen LogP contribution in [-0.4, -0.2) is 87.2 Å². The van der Waals surface area contributed by atoms with Gasteiger partial charge in [0.2, 0.25) is 0 Å². The number of rotatable bonds is 6. The number of methoxy groups -OCH3 is 1. The molecule has 1 aliphatic heterocycles. The number of hydrogen-bond donors (Lipinski definition) is 1. The molecule has 38 heavy (non-hydrogen) atoms. The summed E-state index contributed by atoms with van der Waals surface area (Å²) in [4.78, 5) is 54.1. The zero-order valence-corrected chi connectivity index (χ0v) is 20.8. The van der Waals surface area contributed by atoms with E-state index in [9.17, 15) is 24.3 Å². The number of aromatic nitrogens is 4. The summed E-state index contributed by atoms with van der Waals surface area (Å²) in [5.74, 6) is -2.64. The van der Waals surface area contributed by atoms with Crippen molar-refractivity contribution in [3.05, 3.63) is 63.8 Å². The van der Waals surface area contributed by atoms with E-state index in [0.717, 1.165) is 11.0 Å². The minimum atomic E-state index is -1.28. The van der Waals surface area contributed by atoms with Crippen LogP contribution in [0.25, 0.3) is 5.69 Å². The third-order valence-corrected chi connectivity index (χ3v) is 5.90. The maximum atomic E-state index is 15.0. The van der Waals surface area contributed by atoms with Crippen molar-refractivity contribution in [2.75, 3.05) is 38.3 Å². The van der Waals surface area contributed by atoms with Crippen LogP contribution in [0.2, 0.25) is 0 Å². The molecule has 200 valence electrons. The van der Waals surface area contributed by atoms with Crippen LogP contribution in [0.5, 0.6) is 5.75 Å². The van der Waals surface area contributed by atoms with Crippen LogP contribution in [0.15, 0.2) is 41.2 Å². The third-order valence-electron chi connectivity index (χ3n) is 5.90. The fourth-order valence-corrected chi connectivity index (χ4v) is 4.09. The molecule has 1 aromatic heterocycles. The minimum Gasteiger partial charge on any atom is -0.496 e. The lowest BCUT2D eigenvalue weighted by atomic mass is 10.1. The van der Waals surface area contributed by atoms with Crippen molar-refractivity contribution >= 4 is 23.6 Å². The number of halogens is 1. The summed E-state index contributed by atoms with van der Waals surface area (Å²) in [7, 11) is 1.31. The quantitative estimate of drug-likeness (QED) is 0.471. The fourth-order valence-electron chi connectivity index (χ4n) is 4.09. The molecule has 3 aromatic rings. The van der Waals surface area contributed by atoms with Crippen LogP contribution in [-0.2, 0) is 4.74 Å². The largest absolute Gasteiger partial charge is 0.496 e. The molecule has 0 bridgehead atoms. The molecule has 2 heterocycles. The number of benzene rings is 2. The average Bonchev–Trinajstić information content (AvgIpc) is 3.29. The van der Waals surface area contributed by atoms with E-state index in [4.69, 9.17) is 9.47 Å². The Balaban J connectivity index is 1.76. The molecule has 1 fully saturated rings. The van der Waals surface area contributed by atoms with Gasteiger partial charge in [-0.1, -0.05) is 6.07 Å². The van der Waals surface area contributed by atoms with Crippen LogP contribution in [0.1, 0.15) is 34.6 Å². The van der Waals surface area contributed by atoms with Crippen LogP contribution in [0.4, 0.5) is 14.9 Å². The van der Waals surface area contributed by atoms with Gasteiger partial charge in [0.1, 0.15) is 22.8 Å². The molecule has 1 N–H and O–H groups in total. The number of tetrazole rings is 1. The first-order valence-corrected chi connectivity index (χ1v) is 11.6. The number of anilines is 1. The summed E-state index contributed by atoms with van der Waals surface area (Å²) in [6.07, 6.45) is 0. The highest BCUT2D eigenvalue weighted by molar-refractivity contribution is 5.98. The lowest BCUT2D eigenvalue weighted by molar-refractivity contribution is 0.0302. The maximum Gasteiger partial charge on any atom is 0.377 e. The number of carboxylic acids is 1. The van der Waals surface area contributed by atoms with Gasteiger partial charge in [-0.3, -0.25) is 9.69 Å². The monoisotopic (exact) mass is 528 g/mol. The van der Waals surface area contributed by atoms with Gasteiger partial charge in [-0.15, -0.1) is 4.68 Å². The molecule has 0 saturated carbocycles. The molecule has 1 aliphatic rings. The maximum absolute atomic E-state index is 15.0. The predicted molar refractivity (Wildman–Crippen MR) is 131 cm³/mol. The Morgan fingerprint density at radius 2 is 1.82 bits per heavy atom. The van der Waals surface area contributed by atoms with E-state index in [1.807, 2.05) is 0 Å². The Morgan fingerprint density at radius 3 is 2.45 bits per heavy atom. The van der Waals surface area contributed by atoms with Gasteiger partial charge in [0.25, 0.3) is 5.91 Å². The normalized spacial score (nSPS) is 13.4. The number of para-hydroxylation sites is 1. The number of nitrogens with zero attached hydrogens (tertiary/aromatic N) is 6. The van der Waals surface area contributed by atoms with Gasteiger partial charge in [-0.25, -0.2) is 18.8 Å². The van der Waals surface area contributed by atoms with Gasteiger partial charge in [0.05, 0.1) is 25.9 Å². The van der Waals surface area contributed by atoms with Gasteiger partial charge in [0, 0.05) is 24.8 Å². The van der Waals surface area contributed by atoms with Crippen LogP contribution < -0.4 is 15.3 Å². The van der Waals surface area contributed by atoms with Crippen LogP contribution >= 0.6 is 0 Å². The highest BCUT2D eigenvalue weighted by Gasteiger charge is 2.30.